The van der Waals surface area contributed by atoms with Crippen molar-refractivity contribution >= 4 is 54.6 Å². The molecule has 11 aromatic rings. The number of furan rings is 1. The van der Waals surface area contributed by atoms with Crippen molar-refractivity contribution in [3.05, 3.63) is 170 Å². The molecule has 0 saturated heterocycles. The maximum absolute atomic E-state index is 6.48. The predicted molar refractivity (Wildman–Crippen MR) is 217 cm³/mol. The van der Waals surface area contributed by atoms with Gasteiger partial charge in [-0.25, -0.2) is 19.9 Å². The van der Waals surface area contributed by atoms with Gasteiger partial charge in [-0.15, -0.1) is 0 Å². The van der Waals surface area contributed by atoms with Crippen LogP contribution in [0.5, 0.6) is 0 Å². The standard InChI is InChI=1S/C48H28N4O2/c1-4-10-29(11-5-1)33-17-18-35-27-36(21-19-34(35)26-33)46-50-45(31-12-6-2-7-13-31)51-47(52-46)37-20-16-30-22-24-40-42(38(30)28-37)43-41(53-40)25-23-39-44(43)54-48(49-39)32-14-8-3-9-15-32/h1-28H. The smallest absolute Gasteiger partial charge is 0.227 e. The van der Waals surface area contributed by atoms with Crippen molar-refractivity contribution in [1.29, 1.82) is 0 Å². The molecule has 0 unspecified atom stereocenters. The summed E-state index contributed by atoms with van der Waals surface area (Å²) in [5, 5.41) is 6.21. The van der Waals surface area contributed by atoms with Crippen LogP contribution in [-0.4, -0.2) is 19.9 Å². The van der Waals surface area contributed by atoms with E-state index in [9.17, 15) is 0 Å². The first kappa shape index (κ1) is 30.2. The average Bonchev–Trinajstić information content (AvgIpc) is 3.86. The molecule has 54 heavy (non-hydrogen) atoms. The molecule has 8 aromatic carbocycles. The molecule has 252 valence electrons. The molecule has 3 heterocycles. The van der Waals surface area contributed by atoms with Crippen LogP contribution in [0.4, 0.5) is 0 Å². The third-order valence-corrected chi connectivity index (χ3v) is 10.1. The van der Waals surface area contributed by atoms with Crippen molar-refractivity contribution in [2.24, 2.45) is 0 Å². The molecule has 0 bridgehead atoms. The normalized spacial score (nSPS) is 11.7. The van der Waals surface area contributed by atoms with E-state index >= 15 is 0 Å². The minimum Gasteiger partial charge on any atom is -0.456 e. The second-order valence-corrected chi connectivity index (χ2v) is 13.5. The van der Waals surface area contributed by atoms with Crippen LogP contribution in [-0.2, 0) is 0 Å². The zero-order valence-electron chi connectivity index (χ0n) is 28.8. The Morgan fingerprint density at radius 1 is 0.333 bits per heavy atom. The first-order valence-electron chi connectivity index (χ1n) is 17.9. The van der Waals surface area contributed by atoms with Gasteiger partial charge in [-0.1, -0.05) is 121 Å². The Balaban J connectivity index is 1.08. The molecule has 11 rings (SSSR count). The van der Waals surface area contributed by atoms with Crippen LogP contribution in [0.15, 0.2) is 179 Å². The van der Waals surface area contributed by atoms with Crippen LogP contribution in [0.1, 0.15) is 0 Å². The molecule has 0 atom stereocenters. The molecule has 6 nitrogen and oxygen atoms in total. The maximum atomic E-state index is 6.48. The molecule has 0 saturated carbocycles. The van der Waals surface area contributed by atoms with E-state index in [2.05, 4.69) is 84.9 Å². The summed E-state index contributed by atoms with van der Waals surface area (Å²) in [6, 6.07) is 57.8. The van der Waals surface area contributed by atoms with Crippen LogP contribution in [0.2, 0.25) is 0 Å². The Kier molecular flexibility index (Phi) is 6.75. The van der Waals surface area contributed by atoms with Gasteiger partial charge in [0.25, 0.3) is 0 Å². The summed E-state index contributed by atoms with van der Waals surface area (Å²) in [5.74, 6) is 2.38. The quantitative estimate of drug-likeness (QED) is 0.179. The molecule has 0 spiro atoms. The molecular formula is C48H28N4O2. The van der Waals surface area contributed by atoms with Crippen LogP contribution >= 0.6 is 0 Å². The molecule has 6 heteroatoms. The lowest BCUT2D eigenvalue weighted by Gasteiger charge is -2.10. The highest BCUT2D eigenvalue weighted by molar-refractivity contribution is 6.25. The van der Waals surface area contributed by atoms with Gasteiger partial charge in [-0.3, -0.25) is 0 Å². The third kappa shape index (κ3) is 5.04. The van der Waals surface area contributed by atoms with Crippen LogP contribution in [0.3, 0.4) is 0 Å². The van der Waals surface area contributed by atoms with Gasteiger partial charge >= 0.3 is 0 Å². The fourth-order valence-corrected chi connectivity index (χ4v) is 7.45. The third-order valence-electron chi connectivity index (χ3n) is 10.1. The largest absolute Gasteiger partial charge is 0.456 e. The number of oxazole rings is 1. The first-order chi connectivity index (χ1) is 26.7. The summed E-state index contributed by atoms with van der Waals surface area (Å²) in [5.41, 5.74) is 8.99. The van der Waals surface area contributed by atoms with Gasteiger partial charge in [0.2, 0.25) is 5.89 Å². The van der Waals surface area contributed by atoms with Gasteiger partial charge in [0, 0.05) is 27.6 Å². The number of nitrogens with zero attached hydrogens (tertiary/aromatic N) is 4. The second kappa shape index (κ2) is 12.1. The topological polar surface area (TPSA) is 77.8 Å². The van der Waals surface area contributed by atoms with E-state index in [1.807, 2.05) is 84.9 Å². The van der Waals surface area contributed by atoms with Gasteiger partial charge in [-0.2, -0.15) is 0 Å². The van der Waals surface area contributed by atoms with Crippen LogP contribution < -0.4 is 0 Å². The van der Waals surface area contributed by atoms with Crippen LogP contribution in [0, 0.1) is 0 Å². The molecule has 0 radical (unpaired) electrons. The zero-order chi connectivity index (χ0) is 35.6. The fourth-order valence-electron chi connectivity index (χ4n) is 7.45. The van der Waals surface area contributed by atoms with E-state index in [4.69, 9.17) is 28.8 Å². The number of benzene rings is 8. The average molecular weight is 693 g/mol. The Hall–Kier alpha value is -7.44. The highest BCUT2D eigenvalue weighted by Gasteiger charge is 2.20. The van der Waals surface area contributed by atoms with Gasteiger partial charge < -0.3 is 8.83 Å². The maximum Gasteiger partial charge on any atom is 0.227 e. The number of fused-ring (bicyclic) bond motifs is 8. The number of hydrogen-bond acceptors (Lipinski definition) is 6. The van der Waals surface area contributed by atoms with Crippen LogP contribution in [0.25, 0.3) is 111 Å². The van der Waals surface area contributed by atoms with Crippen molar-refractivity contribution in [2.45, 2.75) is 0 Å². The lowest BCUT2D eigenvalue weighted by Crippen LogP contribution is -2.00. The Morgan fingerprint density at radius 2 is 0.852 bits per heavy atom. The molecule has 3 aromatic heterocycles. The highest BCUT2D eigenvalue weighted by atomic mass is 16.4. The van der Waals surface area contributed by atoms with Gasteiger partial charge in [0.1, 0.15) is 16.7 Å². The van der Waals surface area contributed by atoms with E-state index in [1.165, 1.54) is 11.1 Å². The van der Waals surface area contributed by atoms with E-state index < -0.39 is 0 Å². The molecule has 0 N–H and O–H groups in total. The molecule has 0 aliphatic rings. The summed E-state index contributed by atoms with van der Waals surface area (Å²) >= 11 is 0. The van der Waals surface area contributed by atoms with Gasteiger partial charge in [0.05, 0.1) is 5.39 Å². The zero-order valence-corrected chi connectivity index (χ0v) is 28.8. The minimum atomic E-state index is 0.574. The number of rotatable bonds is 5. The number of aromatic nitrogens is 4. The summed E-state index contributed by atoms with van der Waals surface area (Å²) in [4.78, 5) is 20.0. The lowest BCUT2D eigenvalue weighted by atomic mass is 9.99. The predicted octanol–water partition coefficient (Wildman–Crippen LogP) is 12.6. The summed E-state index contributed by atoms with van der Waals surface area (Å²) in [6.07, 6.45) is 0. The van der Waals surface area contributed by atoms with Crippen molar-refractivity contribution < 1.29 is 8.83 Å². The molecular weight excluding hydrogens is 665 g/mol. The van der Waals surface area contributed by atoms with Crippen molar-refractivity contribution in [3.63, 3.8) is 0 Å². The lowest BCUT2D eigenvalue weighted by molar-refractivity contribution is 0.622. The summed E-state index contributed by atoms with van der Waals surface area (Å²) < 4.78 is 12.9. The Bertz CT molecular complexity index is 3210. The highest BCUT2D eigenvalue weighted by Crippen LogP contribution is 2.41. The van der Waals surface area contributed by atoms with Crippen molar-refractivity contribution in [2.75, 3.05) is 0 Å². The molecule has 0 aliphatic heterocycles. The molecule has 0 aliphatic carbocycles. The van der Waals surface area contributed by atoms with Gasteiger partial charge in [-0.05, 0) is 81.2 Å². The monoisotopic (exact) mass is 692 g/mol. The van der Waals surface area contributed by atoms with E-state index in [-0.39, 0.29) is 0 Å². The number of hydrogen-bond donors (Lipinski definition) is 0. The van der Waals surface area contributed by atoms with E-state index in [0.717, 1.165) is 71.3 Å². The Labute approximate surface area is 309 Å². The summed E-state index contributed by atoms with van der Waals surface area (Å²) in [7, 11) is 0. The molecule has 0 fully saturated rings. The SMILES string of the molecule is c1ccc(-c2ccc3cc(-c4nc(-c5ccccc5)nc(-c5ccc6ccc7oc8ccc9nc(-c%10ccccc%10)oc9c8c7c6c5)n4)ccc3c2)cc1. The fraction of sp³-hybridized carbons (Fsp3) is 0. The molecule has 0 amide bonds. The summed E-state index contributed by atoms with van der Waals surface area (Å²) in [6.45, 7) is 0. The van der Waals surface area contributed by atoms with E-state index in [0.29, 0.717) is 28.9 Å². The van der Waals surface area contributed by atoms with Crippen molar-refractivity contribution in [3.8, 4) is 56.7 Å². The Morgan fingerprint density at radius 3 is 1.56 bits per heavy atom. The van der Waals surface area contributed by atoms with Crippen molar-refractivity contribution in [1.82, 2.24) is 19.9 Å². The second-order valence-electron chi connectivity index (χ2n) is 13.5. The van der Waals surface area contributed by atoms with E-state index in [1.54, 1.807) is 0 Å². The first-order valence-corrected chi connectivity index (χ1v) is 17.9. The minimum absolute atomic E-state index is 0.574. The van der Waals surface area contributed by atoms with Gasteiger partial charge in [0.15, 0.2) is 23.1 Å².